The molecule has 0 bridgehead atoms. The van der Waals surface area contributed by atoms with E-state index in [0.717, 1.165) is 5.56 Å². The molecule has 2 aromatic rings. The molecular formula is C17H16O3. The summed E-state index contributed by atoms with van der Waals surface area (Å²) in [7, 11) is 0. The third kappa shape index (κ3) is 3.26. The van der Waals surface area contributed by atoms with Crippen molar-refractivity contribution >= 4 is 11.7 Å². The molecule has 3 heteroatoms. The van der Waals surface area contributed by atoms with Gasteiger partial charge in [0.05, 0.1) is 5.57 Å². The molecule has 0 aromatic heterocycles. The maximum Gasteiger partial charge on any atom is 0.335 e. The Morgan fingerprint density at radius 3 is 2.05 bits per heavy atom. The second-order valence-electron chi connectivity index (χ2n) is 4.25. The minimum Gasteiger partial charge on any atom is -0.478 e. The van der Waals surface area contributed by atoms with Crippen molar-refractivity contribution in [1.82, 2.24) is 0 Å². The number of ether oxygens (including phenoxy) is 1. The molecule has 2 rings (SSSR count). The van der Waals surface area contributed by atoms with Crippen molar-refractivity contribution in [1.29, 1.82) is 0 Å². The van der Waals surface area contributed by atoms with E-state index in [-0.39, 0.29) is 5.57 Å². The van der Waals surface area contributed by atoms with E-state index in [1.54, 1.807) is 19.1 Å². The summed E-state index contributed by atoms with van der Waals surface area (Å²) in [5.74, 6) is 0.0626. The fourth-order valence-corrected chi connectivity index (χ4v) is 1.90. The van der Waals surface area contributed by atoms with E-state index < -0.39 is 5.97 Å². The van der Waals surface area contributed by atoms with Gasteiger partial charge >= 0.3 is 5.97 Å². The summed E-state index contributed by atoms with van der Waals surface area (Å²) in [5, 5.41) is 9.35. The van der Waals surface area contributed by atoms with Crippen LogP contribution in [0, 0.1) is 0 Å². The van der Waals surface area contributed by atoms with Gasteiger partial charge in [-0.1, -0.05) is 55.5 Å². The van der Waals surface area contributed by atoms with Crippen LogP contribution in [0.5, 0.6) is 5.75 Å². The number of hydrogen-bond acceptors (Lipinski definition) is 2. The van der Waals surface area contributed by atoms with Gasteiger partial charge in [-0.2, -0.15) is 0 Å². The van der Waals surface area contributed by atoms with Crippen LogP contribution in [0.15, 0.2) is 66.2 Å². The lowest BCUT2D eigenvalue weighted by molar-refractivity contribution is -0.132. The Morgan fingerprint density at radius 2 is 1.55 bits per heavy atom. The molecule has 0 amide bonds. The summed E-state index contributed by atoms with van der Waals surface area (Å²) in [6.45, 7) is 1.81. The zero-order valence-corrected chi connectivity index (χ0v) is 11.2. The first-order chi connectivity index (χ1) is 9.72. The Morgan fingerprint density at radius 1 is 1.00 bits per heavy atom. The number of benzene rings is 2. The van der Waals surface area contributed by atoms with E-state index in [1.165, 1.54) is 0 Å². The molecule has 0 atom stereocenters. The lowest BCUT2D eigenvalue weighted by Crippen LogP contribution is -2.07. The second kappa shape index (κ2) is 6.57. The number of aliphatic carboxylic acids is 1. The largest absolute Gasteiger partial charge is 0.478 e. The van der Waals surface area contributed by atoms with Crippen molar-refractivity contribution < 1.29 is 14.6 Å². The number of carboxylic acids is 1. The number of carbonyl (C=O) groups is 1. The minimum absolute atomic E-state index is 0.264. The summed E-state index contributed by atoms with van der Waals surface area (Å²) < 4.78 is 5.81. The van der Waals surface area contributed by atoms with Crippen molar-refractivity contribution in [2.75, 3.05) is 0 Å². The molecule has 0 saturated heterocycles. The van der Waals surface area contributed by atoms with Crippen LogP contribution in [0.1, 0.15) is 18.9 Å². The molecule has 1 N–H and O–H groups in total. The van der Waals surface area contributed by atoms with Gasteiger partial charge in [-0.3, -0.25) is 0 Å². The minimum atomic E-state index is -0.956. The predicted molar refractivity (Wildman–Crippen MR) is 78.4 cm³/mol. The Bertz CT molecular complexity index is 601. The Hall–Kier alpha value is -2.55. The van der Waals surface area contributed by atoms with E-state index in [0.29, 0.717) is 17.9 Å². The monoisotopic (exact) mass is 268 g/mol. The third-order valence-corrected chi connectivity index (χ3v) is 2.88. The second-order valence-corrected chi connectivity index (χ2v) is 4.25. The molecule has 102 valence electrons. The highest BCUT2D eigenvalue weighted by atomic mass is 16.5. The SMILES string of the molecule is CC/C(C(=O)O)=C(/Oc1ccccc1)c1ccccc1. The molecule has 0 spiro atoms. The number of carboxylic acid groups (broad SMARTS) is 1. The van der Waals surface area contributed by atoms with Gasteiger partial charge in [0.25, 0.3) is 0 Å². The van der Waals surface area contributed by atoms with E-state index in [4.69, 9.17) is 4.74 Å². The van der Waals surface area contributed by atoms with Crippen LogP contribution in [0.2, 0.25) is 0 Å². The molecule has 0 heterocycles. The van der Waals surface area contributed by atoms with Crippen LogP contribution < -0.4 is 4.74 Å². The number of para-hydroxylation sites is 1. The first kappa shape index (κ1) is 13.9. The Balaban J connectivity index is 2.48. The van der Waals surface area contributed by atoms with Crippen molar-refractivity contribution in [3.8, 4) is 5.75 Å². The average molecular weight is 268 g/mol. The maximum absolute atomic E-state index is 11.4. The summed E-state index contributed by atoms with van der Waals surface area (Å²) >= 11 is 0. The molecule has 0 fully saturated rings. The van der Waals surface area contributed by atoms with Crippen LogP contribution in [-0.2, 0) is 4.79 Å². The van der Waals surface area contributed by atoms with Gasteiger partial charge in [-0.25, -0.2) is 4.79 Å². The van der Waals surface area contributed by atoms with Gasteiger partial charge in [0.1, 0.15) is 11.5 Å². The van der Waals surface area contributed by atoms with Crippen LogP contribution in [0.25, 0.3) is 5.76 Å². The van der Waals surface area contributed by atoms with Crippen LogP contribution >= 0.6 is 0 Å². The number of hydrogen-bond donors (Lipinski definition) is 1. The van der Waals surface area contributed by atoms with E-state index in [2.05, 4.69) is 0 Å². The molecule has 0 radical (unpaired) electrons. The molecule has 0 saturated carbocycles. The summed E-state index contributed by atoms with van der Waals surface area (Å²) in [6.07, 6.45) is 0.395. The smallest absolute Gasteiger partial charge is 0.335 e. The van der Waals surface area contributed by atoms with Crippen molar-refractivity contribution in [2.24, 2.45) is 0 Å². The summed E-state index contributed by atoms with van der Waals surface area (Å²) in [6, 6.07) is 18.5. The fraction of sp³-hybridized carbons (Fsp3) is 0.118. The predicted octanol–water partition coefficient (Wildman–Crippen LogP) is 3.97. The van der Waals surface area contributed by atoms with Crippen LogP contribution in [0.3, 0.4) is 0 Å². The summed E-state index contributed by atoms with van der Waals surface area (Å²) in [5.41, 5.74) is 1.02. The van der Waals surface area contributed by atoms with Crippen LogP contribution in [0.4, 0.5) is 0 Å². The van der Waals surface area contributed by atoms with Gasteiger partial charge in [0, 0.05) is 5.56 Å². The first-order valence-electron chi connectivity index (χ1n) is 6.47. The van der Waals surface area contributed by atoms with Gasteiger partial charge < -0.3 is 9.84 Å². The van der Waals surface area contributed by atoms with Gasteiger partial charge in [-0.05, 0) is 18.6 Å². The maximum atomic E-state index is 11.4. The zero-order valence-electron chi connectivity index (χ0n) is 11.2. The van der Waals surface area contributed by atoms with E-state index in [1.807, 2.05) is 48.5 Å². The quantitative estimate of drug-likeness (QED) is 0.659. The molecular weight excluding hydrogens is 252 g/mol. The normalized spacial score (nSPS) is 11.7. The molecule has 0 aliphatic heterocycles. The molecule has 20 heavy (non-hydrogen) atoms. The summed E-state index contributed by atoms with van der Waals surface area (Å²) in [4.78, 5) is 11.4. The molecule has 2 aromatic carbocycles. The topological polar surface area (TPSA) is 46.5 Å². The first-order valence-corrected chi connectivity index (χ1v) is 6.47. The van der Waals surface area contributed by atoms with Crippen molar-refractivity contribution in [3.05, 3.63) is 71.8 Å². The highest BCUT2D eigenvalue weighted by molar-refractivity contribution is 5.95. The third-order valence-electron chi connectivity index (χ3n) is 2.88. The van der Waals surface area contributed by atoms with Crippen LogP contribution in [-0.4, -0.2) is 11.1 Å². The lowest BCUT2D eigenvalue weighted by Gasteiger charge is -2.13. The molecule has 0 aliphatic carbocycles. The molecule has 3 nitrogen and oxygen atoms in total. The van der Waals surface area contributed by atoms with Gasteiger partial charge in [0.15, 0.2) is 0 Å². The standard InChI is InChI=1S/C17H16O3/c1-2-15(17(18)19)16(13-9-5-3-6-10-13)20-14-11-7-4-8-12-14/h3-12H,2H2,1H3,(H,18,19)/b16-15-. The molecule has 0 unspecified atom stereocenters. The van der Waals surface area contributed by atoms with Gasteiger partial charge in [0.2, 0.25) is 0 Å². The Labute approximate surface area is 118 Å². The fourth-order valence-electron chi connectivity index (χ4n) is 1.90. The van der Waals surface area contributed by atoms with Crippen molar-refractivity contribution in [3.63, 3.8) is 0 Å². The Kier molecular flexibility index (Phi) is 4.56. The van der Waals surface area contributed by atoms with E-state index >= 15 is 0 Å². The average Bonchev–Trinajstić information content (AvgIpc) is 2.48. The zero-order chi connectivity index (χ0) is 14.4. The highest BCUT2D eigenvalue weighted by Gasteiger charge is 2.16. The number of rotatable bonds is 5. The van der Waals surface area contributed by atoms with E-state index in [9.17, 15) is 9.90 Å². The van der Waals surface area contributed by atoms with Gasteiger partial charge in [-0.15, -0.1) is 0 Å². The molecule has 0 aliphatic rings. The lowest BCUT2D eigenvalue weighted by atomic mass is 10.1. The van der Waals surface area contributed by atoms with Crippen molar-refractivity contribution in [2.45, 2.75) is 13.3 Å². The highest BCUT2D eigenvalue weighted by Crippen LogP contribution is 2.25.